The van der Waals surface area contributed by atoms with Gasteiger partial charge in [0.1, 0.15) is 11.5 Å². The Hall–Kier alpha value is -2.53. The van der Waals surface area contributed by atoms with E-state index in [1.54, 1.807) is 18.2 Å². The molecule has 0 aromatic heterocycles. The summed E-state index contributed by atoms with van der Waals surface area (Å²) in [6, 6.07) is 11.2. The maximum Gasteiger partial charge on any atom is 0.271 e. The molecule has 2 rings (SSSR count). The van der Waals surface area contributed by atoms with Gasteiger partial charge in [0.15, 0.2) is 0 Å². The van der Waals surface area contributed by atoms with E-state index in [1.807, 2.05) is 13.8 Å². The maximum absolute atomic E-state index is 11.9. The van der Waals surface area contributed by atoms with Gasteiger partial charge in [-0.1, -0.05) is 18.5 Å². The minimum Gasteiger partial charge on any atom is -0.508 e. The van der Waals surface area contributed by atoms with Gasteiger partial charge in [0.25, 0.3) is 5.91 Å². The summed E-state index contributed by atoms with van der Waals surface area (Å²) in [6.07, 6.45) is 2.48. The van der Waals surface area contributed by atoms with Gasteiger partial charge in [0.2, 0.25) is 0 Å². The number of amides is 1. The highest BCUT2D eigenvalue weighted by Crippen LogP contribution is 2.26. The van der Waals surface area contributed by atoms with E-state index in [4.69, 9.17) is 16.3 Å². The minimum atomic E-state index is -0.367. The van der Waals surface area contributed by atoms with E-state index in [0.29, 0.717) is 16.3 Å². The number of hydrogen-bond acceptors (Lipinski definition) is 4. The topological polar surface area (TPSA) is 70.9 Å². The molecule has 126 valence electrons. The van der Waals surface area contributed by atoms with E-state index in [2.05, 4.69) is 10.5 Å². The van der Waals surface area contributed by atoms with Gasteiger partial charge in [-0.15, -0.1) is 0 Å². The summed E-state index contributed by atoms with van der Waals surface area (Å²) in [4.78, 5) is 11.9. The monoisotopic (exact) mass is 346 g/mol. The highest BCUT2D eigenvalue weighted by molar-refractivity contribution is 6.32. The Morgan fingerprint density at radius 2 is 2.04 bits per heavy atom. The summed E-state index contributed by atoms with van der Waals surface area (Å²) in [5.74, 6) is 0.356. The molecule has 0 heterocycles. The second-order valence-electron chi connectivity index (χ2n) is 5.27. The van der Waals surface area contributed by atoms with Gasteiger partial charge in [0.05, 0.1) is 17.3 Å². The van der Waals surface area contributed by atoms with Crippen LogP contribution in [0.5, 0.6) is 11.5 Å². The van der Waals surface area contributed by atoms with Crippen molar-refractivity contribution in [2.24, 2.45) is 5.10 Å². The fourth-order valence-corrected chi connectivity index (χ4v) is 2.07. The number of phenols is 1. The predicted octanol–water partition coefficient (Wildman–Crippen LogP) is 3.99. The predicted molar refractivity (Wildman–Crippen MR) is 95.0 cm³/mol. The van der Waals surface area contributed by atoms with Crippen molar-refractivity contribution in [3.63, 3.8) is 0 Å². The van der Waals surface area contributed by atoms with E-state index in [9.17, 15) is 9.90 Å². The SMILES string of the molecule is CC[C@H](C)Oc1ccc(/C=N\NC(=O)c2ccc(O)cc2)cc1Cl. The minimum absolute atomic E-state index is 0.0895. The molecule has 0 bridgehead atoms. The van der Waals surface area contributed by atoms with Gasteiger partial charge in [-0.3, -0.25) is 4.79 Å². The molecule has 0 aliphatic rings. The Balaban J connectivity index is 1.97. The molecular weight excluding hydrogens is 328 g/mol. The van der Waals surface area contributed by atoms with Gasteiger partial charge >= 0.3 is 0 Å². The zero-order valence-electron chi connectivity index (χ0n) is 13.5. The lowest BCUT2D eigenvalue weighted by Crippen LogP contribution is -2.17. The van der Waals surface area contributed by atoms with Crippen molar-refractivity contribution in [3.8, 4) is 11.5 Å². The first kappa shape index (κ1) is 17.8. The number of carbonyl (C=O) groups is 1. The van der Waals surface area contributed by atoms with Crippen LogP contribution in [0.15, 0.2) is 47.6 Å². The van der Waals surface area contributed by atoms with Crippen LogP contribution >= 0.6 is 11.6 Å². The van der Waals surface area contributed by atoms with E-state index < -0.39 is 0 Å². The lowest BCUT2D eigenvalue weighted by molar-refractivity contribution is 0.0955. The third-order valence-corrected chi connectivity index (χ3v) is 3.66. The zero-order chi connectivity index (χ0) is 17.5. The molecule has 5 nitrogen and oxygen atoms in total. The lowest BCUT2D eigenvalue weighted by atomic mass is 10.2. The molecule has 2 aromatic carbocycles. The fraction of sp³-hybridized carbons (Fsp3) is 0.222. The summed E-state index contributed by atoms with van der Waals surface area (Å²) in [5, 5.41) is 13.6. The van der Waals surface area contributed by atoms with Gasteiger partial charge in [-0.25, -0.2) is 5.43 Å². The lowest BCUT2D eigenvalue weighted by Gasteiger charge is -2.13. The highest BCUT2D eigenvalue weighted by atomic mass is 35.5. The molecule has 6 heteroatoms. The standard InChI is InChI=1S/C18H19ClN2O3/c1-3-12(2)24-17-9-4-13(10-16(17)19)11-20-21-18(23)14-5-7-15(22)8-6-14/h4-12,22H,3H2,1-2H3,(H,21,23)/b20-11-/t12-/m0/s1. The number of benzene rings is 2. The number of halogens is 1. The second-order valence-corrected chi connectivity index (χ2v) is 5.68. The molecule has 2 N–H and O–H groups in total. The Morgan fingerprint density at radius 1 is 1.33 bits per heavy atom. The summed E-state index contributed by atoms with van der Waals surface area (Å²) in [6.45, 7) is 4.01. The second kappa shape index (κ2) is 8.36. The molecule has 0 aliphatic heterocycles. The molecule has 1 amide bonds. The molecule has 0 spiro atoms. The number of carbonyl (C=O) groups excluding carboxylic acids is 1. The largest absolute Gasteiger partial charge is 0.508 e. The van der Waals surface area contributed by atoms with E-state index in [-0.39, 0.29) is 17.8 Å². The van der Waals surface area contributed by atoms with Crippen LogP contribution in [0.25, 0.3) is 0 Å². The van der Waals surface area contributed by atoms with Crippen molar-refractivity contribution in [1.29, 1.82) is 0 Å². The van der Waals surface area contributed by atoms with Crippen LogP contribution in [0.2, 0.25) is 5.02 Å². The van der Waals surface area contributed by atoms with E-state index in [0.717, 1.165) is 12.0 Å². The van der Waals surface area contributed by atoms with Crippen molar-refractivity contribution >= 4 is 23.7 Å². The number of hydrazone groups is 1. The molecule has 2 aromatic rings. The smallest absolute Gasteiger partial charge is 0.271 e. The summed E-state index contributed by atoms with van der Waals surface area (Å²) in [7, 11) is 0. The van der Waals surface area contributed by atoms with Crippen LogP contribution < -0.4 is 10.2 Å². The molecular formula is C18H19ClN2O3. The van der Waals surface area contributed by atoms with E-state index in [1.165, 1.54) is 30.5 Å². The first-order chi connectivity index (χ1) is 11.5. The van der Waals surface area contributed by atoms with Crippen molar-refractivity contribution < 1.29 is 14.6 Å². The normalized spacial score (nSPS) is 12.1. The molecule has 0 saturated carbocycles. The van der Waals surface area contributed by atoms with Crippen molar-refractivity contribution in [2.75, 3.05) is 0 Å². The number of nitrogens with zero attached hydrogens (tertiary/aromatic N) is 1. The number of rotatable bonds is 6. The summed E-state index contributed by atoms with van der Waals surface area (Å²) >= 11 is 6.18. The number of hydrogen-bond donors (Lipinski definition) is 2. The Bertz CT molecular complexity index is 730. The van der Waals surface area contributed by atoms with Crippen LogP contribution in [-0.4, -0.2) is 23.3 Å². The molecule has 1 atom stereocenters. The van der Waals surface area contributed by atoms with Crippen molar-refractivity contribution in [1.82, 2.24) is 5.43 Å². The zero-order valence-corrected chi connectivity index (χ0v) is 14.2. The first-order valence-corrected chi connectivity index (χ1v) is 7.96. The third kappa shape index (κ3) is 4.99. The number of aromatic hydroxyl groups is 1. The van der Waals surface area contributed by atoms with Gasteiger partial charge in [0, 0.05) is 5.56 Å². The maximum atomic E-state index is 11.9. The number of phenolic OH excluding ortho intramolecular Hbond substituents is 1. The van der Waals surface area contributed by atoms with Crippen LogP contribution in [0.4, 0.5) is 0 Å². The number of nitrogens with one attached hydrogen (secondary N) is 1. The van der Waals surface area contributed by atoms with E-state index >= 15 is 0 Å². The molecule has 0 fully saturated rings. The van der Waals surface area contributed by atoms with Gasteiger partial charge in [-0.2, -0.15) is 5.10 Å². The molecule has 0 radical (unpaired) electrons. The molecule has 0 unspecified atom stereocenters. The Kier molecular flexibility index (Phi) is 6.21. The average Bonchev–Trinajstić information content (AvgIpc) is 2.57. The third-order valence-electron chi connectivity index (χ3n) is 3.37. The molecule has 0 aliphatic carbocycles. The number of ether oxygens (including phenoxy) is 1. The summed E-state index contributed by atoms with van der Waals surface area (Å²) in [5.41, 5.74) is 3.56. The summed E-state index contributed by atoms with van der Waals surface area (Å²) < 4.78 is 5.69. The average molecular weight is 347 g/mol. The molecule has 24 heavy (non-hydrogen) atoms. The van der Waals surface area contributed by atoms with Crippen molar-refractivity contribution in [2.45, 2.75) is 26.4 Å². The first-order valence-electron chi connectivity index (χ1n) is 7.58. The Morgan fingerprint density at radius 3 is 2.67 bits per heavy atom. The fourth-order valence-electron chi connectivity index (χ4n) is 1.84. The van der Waals surface area contributed by atoms with Crippen LogP contribution in [0.3, 0.4) is 0 Å². The van der Waals surface area contributed by atoms with Crippen LogP contribution in [0.1, 0.15) is 36.2 Å². The molecule has 0 saturated heterocycles. The quantitative estimate of drug-likeness (QED) is 0.613. The van der Waals surface area contributed by atoms with Gasteiger partial charge in [-0.05, 0) is 61.4 Å². The highest BCUT2D eigenvalue weighted by Gasteiger charge is 2.06. The van der Waals surface area contributed by atoms with Crippen LogP contribution in [-0.2, 0) is 0 Å². The van der Waals surface area contributed by atoms with Crippen LogP contribution in [0, 0.1) is 0 Å². The van der Waals surface area contributed by atoms with Gasteiger partial charge < -0.3 is 9.84 Å². The Labute approximate surface area is 145 Å². The van der Waals surface area contributed by atoms with Crippen molar-refractivity contribution in [3.05, 3.63) is 58.6 Å².